The third-order valence-corrected chi connectivity index (χ3v) is 8.94. The number of hydrogen-bond acceptors (Lipinski definition) is 4. The Labute approximate surface area is 186 Å². The van der Waals surface area contributed by atoms with Crippen molar-refractivity contribution in [3.8, 4) is 6.07 Å². The van der Waals surface area contributed by atoms with E-state index in [1.807, 2.05) is 12.1 Å². The molecule has 1 aliphatic rings. The maximum atomic E-state index is 13.3. The van der Waals surface area contributed by atoms with Gasteiger partial charge in [0.25, 0.3) is 10.0 Å². The number of nitrogens with one attached hydrogen (secondary N) is 1. The molecule has 0 bridgehead atoms. The molecular formula is C23H23ClN2O2S2. The first-order chi connectivity index (χ1) is 14.1. The summed E-state index contributed by atoms with van der Waals surface area (Å²) >= 11 is 7.72. The number of rotatable bonds is 3. The summed E-state index contributed by atoms with van der Waals surface area (Å²) in [4.78, 5) is 1.24. The van der Waals surface area contributed by atoms with E-state index < -0.39 is 10.0 Å². The first-order valence-corrected chi connectivity index (χ1v) is 12.5. The Morgan fingerprint density at radius 1 is 1.20 bits per heavy atom. The fourth-order valence-corrected chi connectivity index (χ4v) is 7.35. The van der Waals surface area contributed by atoms with Gasteiger partial charge in [-0.25, -0.2) is 8.42 Å². The van der Waals surface area contributed by atoms with Crippen LogP contribution in [0, 0.1) is 22.7 Å². The first kappa shape index (κ1) is 21.2. The second-order valence-corrected chi connectivity index (χ2v) is 12.0. The van der Waals surface area contributed by atoms with E-state index in [0.717, 1.165) is 35.1 Å². The zero-order valence-corrected chi connectivity index (χ0v) is 19.5. The highest BCUT2D eigenvalue weighted by Crippen LogP contribution is 2.44. The highest BCUT2D eigenvalue weighted by molar-refractivity contribution is 7.93. The normalized spacial score (nSPS) is 16.8. The molecule has 0 amide bonds. The Kier molecular flexibility index (Phi) is 5.34. The Hall–Kier alpha value is -2.07. The molecule has 30 heavy (non-hydrogen) atoms. The summed E-state index contributed by atoms with van der Waals surface area (Å²) in [6, 6.07) is 12.6. The zero-order chi connectivity index (χ0) is 21.7. The monoisotopic (exact) mass is 458 g/mol. The molecular weight excluding hydrogens is 436 g/mol. The number of halogens is 1. The molecule has 1 N–H and O–H groups in total. The van der Waals surface area contributed by atoms with Crippen LogP contribution >= 0.6 is 22.9 Å². The number of sulfonamides is 1. The molecule has 1 atom stereocenters. The average Bonchev–Trinajstić information content (AvgIpc) is 3.02. The predicted octanol–water partition coefficient (Wildman–Crippen LogP) is 6.38. The molecule has 1 heterocycles. The number of nitriles is 1. The molecule has 3 aromatic rings. The quantitative estimate of drug-likeness (QED) is 0.495. The van der Waals surface area contributed by atoms with Gasteiger partial charge in [0, 0.05) is 15.3 Å². The Bertz CT molecular complexity index is 1280. The molecule has 156 valence electrons. The van der Waals surface area contributed by atoms with Gasteiger partial charge in [-0.3, -0.25) is 4.72 Å². The van der Waals surface area contributed by atoms with E-state index in [-0.39, 0.29) is 10.3 Å². The number of nitrogens with zero attached hydrogens (tertiary/aromatic N) is 1. The smallest absolute Gasteiger partial charge is 0.263 e. The lowest BCUT2D eigenvalue weighted by Gasteiger charge is -2.33. The van der Waals surface area contributed by atoms with Crippen molar-refractivity contribution < 1.29 is 8.42 Å². The van der Waals surface area contributed by atoms with Crippen LogP contribution in [-0.2, 0) is 22.9 Å². The number of hydrogen-bond donors (Lipinski definition) is 1. The Morgan fingerprint density at radius 2 is 1.90 bits per heavy atom. The van der Waals surface area contributed by atoms with Crippen LogP contribution in [0.25, 0.3) is 10.8 Å². The molecule has 4 rings (SSSR count). The molecule has 4 nitrogen and oxygen atoms in total. The van der Waals surface area contributed by atoms with Crippen molar-refractivity contribution in [2.75, 3.05) is 4.72 Å². The maximum Gasteiger partial charge on any atom is 0.263 e. The van der Waals surface area contributed by atoms with E-state index in [2.05, 4.69) is 31.6 Å². The van der Waals surface area contributed by atoms with Gasteiger partial charge < -0.3 is 0 Å². The predicted molar refractivity (Wildman–Crippen MR) is 124 cm³/mol. The van der Waals surface area contributed by atoms with E-state index in [0.29, 0.717) is 26.9 Å². The lowest BCUT2D eigenvalue weighted by molar-refractivity contribution is 0.218. The van der Waals surface area contributed by atoms with Crippen molar-refractivity contribution in [3.05, 3.63) is 57.4 Å². The minimum atomic E-state index is -3.91. The van der Waals surface area contributed by atoms with E-state index >= 15 is 0 Å². The minimum Gasteiger partial charge on any atom is -0.269 e. The molecule has 0 fully saturated rings. The summed E-state index contributed by atoms with van der Waals surface area (Å²) in [7, 11) is -3.91. The van der Waals surface area contributed by atoms with Gasteiger partial charge in [0.1, 0.15) is 11.1 Å². The van der Waals surface area contributed by atoms with Crippen molar-refractivity contribution in [2.24, 2.45) is 11.3 Å². The van der Waals surface area contributed by atoms with Crippen LogP contribution in [0.2, 0.25) is 5.02 Å². The van der Waals surface area contributed by atoms with Crippen LogP contribution in [0.4, 0.5) is 5.00 Å². The van der Waals surface area contributed by atoms with Crippen LogP contribution in [0.3, 0.4) is 0 Å². The highest BCUT2D eigenvalue weighted by Gasteiger charge is 2.33. The topological polar surface area (TPSA) is 70.0 Å². The van der Waals surface area contributed by atoms with Crippen molar-refractivity contribution in [1.82, 2.24) is 0 Å². The van der Waals surface area contributed by atoms with Crippen LogP contribution < -0.4 is 4.72 Å². The largest absolute Gasteiger partial charge is 0.269 e. The summed E-state index contributed by atoms with van der Waals surface area (Å²) in [5, 5.41) is 11.8. The van der Waals surface area contributed by atoms with Gasteiger partial charge in [0.2, 0.25) is 0 Å². The van der Waals surface area contributed by atoms with Gasteiger partial charge in [-0.1, -0.05) is 56.6 Å². The standard InChI is InChI=1S/C23H23ClN2O2S2/c1-23(2,3)15-10-11-16-17(13-25)22(29-19(16)12-15)26-30(27,28)20-9-5-7-14-6-4-8-18(24)21(14)20/h4-9,15,26H,10-12H2,1-3H3/t15-/m0/s1. The van der Waals surface area contributed by atoms with Gasteiger partial charge >= 0.3 is 0 Å². The fourth-order valence-electron chi connectivity index (χ4n) is 4.18. The molecule has 0 radical (unpaired) electrons. The first-order valence-electron chi connectivity index (χ1n) is 9.86. The van der Waals surface area contributed by atoms with Gasteiger partial charge in [-0.15, -0.1) is 11.3 Å². The lowest BCUT2D eigenvalue weighted by Crippen LogP contribution is -2.26. The van der Waals surface area contributed by atoms with Crippen LogP contribution in [-0.4, -0.2) is 8.42 Å². The molecule has 2 aromatic carbocycles. The molecule has 0 unspecified atom stereocenters. The molecule has 1 aromatic heterocycles. The van der Waals surface area contributed by atoms with Crippen molar-refractivity contribution in [3.63, 3.8) is 0 Å². The van der Waals surface area contributed by atoms with Crippen LogP contribution in [0.1, 0.15) is 43.2 Å². The molecule has 0 saturated heterocycles. The third-order valence-electron chi connectivity index (χ3n) is 5.93. The maximum absolute atomic E-state index is 13.3. The van der Waals surface area contributed by atoms with Crippen molar-refractivity contribution in [1.29, 1.82) is 5.26 Å². The van der Waals surface area contributed by atoms with Gasteiger partial charge in [-0.05, 0) is 53.7 Å². The molecule has 0 aliphatic heterocycles. The summed E-state index contributed by atoms with van der Waals surface area (Å²) in [6.07, 6.45) is 2.69. The third kappa shape index (κ3) is 3.71. The number of thiophene rings is 1. The summed E-state index contributed by atoms with van der Waals surface area (Å²) in [6.45, 7) is 6.69. The average molecular weight is 459 g/mol. The van der Waals surface area contributed by atoms with Gasteiger partial charge in [-0.2, -0.15) is 5.26 Å². The fraction of sp³-hybridized carbons (Fsp3) is 0.348. The SMILES string of the molecule is CC(C)(C)[C@H]1CCc2c(sc(NS(=O)(=O)c3cccc4cccc(Cl)c34)c2C#N)C1. The van der Waals surface area contributed by atoms with E-state index in [1.165, 1.54) is 11.3 Å². The van der Waals surface area contributed by atoms with Gasteiger partial charge in [0.05, 0.1) is 10.5 Å². The Morgan fingerprint density at radius 3 is 2.57 bits per heavy atom. The molecule has 0 saturated carbocycles. The van der Waals surface area contributed by atoms with Crippen LogP contribution in [0.5, 0.6) is 0 Å². The lowest BCUT2D eigenvalue weighted by atomic mass is 9.72. The number of benzene rings is 2. The van der Waals surface area contributed by atoms with E-state index in [9.17, 15) is 13.7 Å². The van der Waals surface area contributed by atoms with Crippen molar-refractivity contribution >= 4 is 48.7 Å². The molecule has 0 spiro atoms. The second kappa shape index (κ2) is 7.56. The highest BCUT2D eigenvalue weighted by atomic mass is 35.5. The minimum absolute atomic E-state index is 0.119. The van der Waals surface area contributed by atoms with Crippen molar-refractivity contribution in [2.45, 2.75) is 44.9 Å². The Balaban J connectivity index is 1.76. The zero-order valence-electron chi connectivity index (χ0n) is 17.1. The summed E-state index contributed by atoms with van der Waals surface area (Å²) < 4.78 is 29.3. The molecule has 1 aliphatic carbocycles. The summed E-state index contributed by atoms with van der Waals surface area (Å²) in [5.74, 6) is 0.511. The van der Waals surface area contributed by atoms with E-state index in [1.54, 1.807) is 24.3 Å². The molecule has 7 heteroatoms. The number of anilines is 1. The van der Waals surface area contributed by atoms with Gasteiger partial charge in [0.15, 0.2) is 0 Å². The van der Waals surface area contributed by atoms with E-state index in [4.69, 9.17) is 11.6 Å². The number of fused-ring (bicyclic) bond motifs is 2. The summed E-state index contributed by atoms with van der Waals surface area (Å²) in [5.41, 5.74) is 1.63. The van der Waals surface area contributed by atoms with Crippen LogP contribution in [0.15, 0.2) is 41.3 Å². The second-order valence-electron chi connectivity index (χ2n) is 8.83.